The lowest BCUT2D eigenvalue weighted by molar-refractivity contribution is 0.672. The molecule has 0 radical (unpaired) electrons. The summed E-state index contributed by atoms with van der Waals surface area (Å²) in [5, 5.41) is 8.21. The number of hydrogen-bond donors (Lipinski definition) is 0. The van der Waals surface area contributed by atoms with Gasteiger partial charge in [-0.25, -0.2) is 0 Å². The maximum Gasteiger partial charge on any atom is 0.144 e. The van der Waals surface area contributed by atoms with Crippen LogP contribution in [0.3, 0.4) is 0 Å². The van der Waals surface area contributed by atoms with Crippen LogP contribution in [0, 0.1) is 0 Å². The molecule has 10 aromatic rings. The second-order valence-corrected chi connectivity index (χ2v) is 12.8. The molecule has 3 heteroatoms. The number of pyridine rings is 1. The van der Waals surface area contributed by atoms with Gasteiger partial charge in [-0.3, -0.25) is 4.98 Å². The second-order valence-electron chi connectivity index (χ2n) is 12.8. The van der Waals surface area contributed by atoms with Gasteiger partial charge in [-0.2, -0.15) is 0 Å². The number of aromatic nitrogens is 1. The Labute approximate surface area is 289 Å². The third-order valence-corrected chi connectivity index (χ3v) is 9.90. The van der Waals surface area contributed by atoms with E-state index in [0.717, 1.165) is 49.9 Å². The Morgan fingerprint density at radius 2 is 1.06 bits per heavy atom. The molecule has 0 unspecified atom stereocenters. The molecule has 0 aliphatic carbocycles. The fourth-order valence-corrected chi connectivity index (χ4v) is 7.45. The van der Waals surface area contributed by atoms with Gasteiger partial charge < -0.3 is 9.32 Å². The van der Waals surface area contributed by atoms with Crippen LogP contribution >= 0.6 is 0 Å². The van der Waals surface area contributed by atoms with E-state index in [-0.39, 0.29) is 0 Å². The van der Waals surface area contributed by atoms with Crippen molar-refractivity contribution >= 4 is 71.4 Å². The summed E-state index contributed by atoms with van der Waals surface area (Å²) in [6.07, 6.45) is 1.83. The van der Waals surface area contributed by atoms with E-state index in [4.69, 9.17) is 4.42 Å². The SMILES string of the molecule is c1ccc(-c2ccc(N(c3ccc(-c4ccc5ccc6ccccc6c5c4)cc3)c3cccc4oc5c6cccnc6ccc5c34)cc2)cc1. The molecule has 0 atom stereocenters. The van der Waals surface area contributed by atoms with E-state index in [1.807, 2.05) is 12.3 Å². The summed E-state index contributed by atoms with van der Waals surface area (Å²) in [4.78, 5) is 6.93. The Morgan fingerprint density at radius 1 is 0.420 bits per heavy atom. The van der Waals surface area contributed by atoms with E-state index in [2.05, 4.69) is 180 Å². The van der Waals surface area contributed by atoms with E-state index in [9.17, 15) is 0 Å². The number of rotatable bonds is 5. The quantitative estimate of drug-likeness (QED) is 0.176. The molecule has 2 heterocycles. The molecule has 10 rings (SSSR count). The number of furan rings is 1. The molecule has 2 aromatic heterocycles. The summed E-state index contributed by atoms with van der Waals surface area (Å²) in [6, 6.07) is 62.7. The molecule has 0 bridgehead atoms. The van der Waals surface area contributed by atoms with Gasteiger partial charge in [0.25, 0.3) is 0 Å². The molecule has 0 aliphatic heterocycles. The highest BCUT2D eigenvalue weighted by atomic mass is 16.3. The van der Waals surface area contributed by atoms with Crippen molar-refractivity contribution in [2.45, 2.75) is 0 Å². The number of benzene rings is 8. The number of anilines is 3. The van der Waals surface area contributed by atoms with Gasteiger partial charge in [0.1, 0.15) is 11.2 Å². The second kappa shape index (κ2) is 11.5. The number of nitrogens with zero attached hydrogens (tertiary/aromatic N) is 2. The summed E-state index contributed by atoms with van der Waals surface area (Å²) in [7, 11) is 0. The first-order chi connectivity index (χ1) is 24.8. The molecule has 234 valence electrons. The van der Waals surface area contributed by atoms with Crippen LogP contribution in [-0.2, 0) is 0 Å². The maximum absolute atomic E-state index is 6.58. The normalized spacial score (nSPS) is 11.6. The Bertz CT molecular complexity index is 2850. The largest absolute Gasteiger partial charge is 0.455 e. The summed E-state index contributed by atoms with van der Waals surface area (Å²) >= 11 is 0. The van der Waals surface area contributed by atoms with Gasteiger partial charge in [-0.05, 0) is 111 Å². The van der Waals surface area contributed by atoms with Crippen LogP contribution < -0.4 is 4.90 Å². The van der Waals surface area contributed by atoms with Crippen LogP contribution in [-0.4, -0.2) is 4.98 Å². The third-order valence-electron chi connectivity index (χ3n) is 9.90. The molecule has 8 aromatic carbocycles. The molecular formula is C47H30N2O. The molecule has 0 spiro atoms. The Hall–Kier alpha value is -6.71. The molecule has 0 saturated heterocycles. The molecule has 0 fully saturated rings. The third kappa shape index (κ3) is 4.63. The van der Waals surface area contributed by atoms with Crippen LogP contribution in [0.15, 0.2) is 187 Å². The summed E-state index contributed by atoms with van der Waals surface area (Å²) in [5.41, 5.74) is 10.6. The van der Waals surface area contributed by atoms with Crippen LogP contribution in [0.25, 0.3) is 76.6 Å². The molecule has 0 saturated carbocycles. The molecule has 0 N–H and O–H groups in total. The minimum Gasteiger partial charge on any atom is -0.455 e. The van der Waals surface area contributed by atoms with Gasteiger partial charge in [-0.1, -0.05) is 109 Å². The van der Waals surface area contributed by atoms with Gasteiger partial charge >= 0.3 is 0 Å². The Balaban J connectivity index is 1.13. The molecule has 50 heavy (non-hydrogen) atoms. The van der Waals surface area contributed by atoms with Crippen molar-refractivity contribution in [2.75, 3.05) is 4.90 Å². The first-order valence-corrected chi connectivity index (χ1v) is 17.0. The van der Waals surface area contributed by atoms with Crippen LogP contribution in [0.5, 0.6) is 0 Å². The van der Waals surface area contributed by atoms with E-state index >= 15 is 0 Å². The van der Waals surface area contributed by atoms with E-state index in [1.54, 1.807) is 0 Å². The lowest BCUT2D eigenvalue weighted by Crippen LogP contribution is -2.10. The lowest BCUT2D eigenvalue weighted by Gasteiger charge is -2.26. The van der Waals surface area contributed by atoms with E-state index in [1.165, 1.54) is 43.8 Å². The lowest BCUT2D eigenvalue weighted by atomic mass is 9.97. The summed E-state index contributed by atoms with van der Waals surface area (Å²) < 4.78 is 6.58. The fraction of sp³-hybridized carbons (Fsp3) is 0. The minimum atomic E-state index is 0.847. The molecule has 0 aliphatic rings. The van der Waals surface area contributed by atoms with Crippen molar-refractivity contribution in [3.05, 3.63) is 182 Å². The molecule has 0 amide bonds. The van der Waals surface area contributed by atoms with Crippen LogP contribution in [0.2, 0.25) is 0 Å². The predicted octanol–water partition coefficient (Wildman–Crippen LogP) is 13.2. The van der Waals surface area contributed by atoms with E-state index < -0.39 is 0 Å². The standard InChI is InChI=1S/C47H30N2O/c1-2-8-31(9-3-1)32-19-23-37(24-20-32)49(44-13-6-14-45-46(44)41-27-28-43-40(47(41)50-45)12-7-29-48-43)38-25-21-33(22-26-38)36-18-17-35-16-15-34-10-4-5-11-39(34)42(35)30-36/h1-30H. The Kier molecular flexibility index (Phi) is 6.49. The van der Waals surface area contributed by atoms with Gasteiger partial charge in [0, 0.05) is 28.3 Å². The van der Waals surface area contributed by atoms with Crippen LogP contribution in [0.1, 0.15) is 0 Å². The molecule has 3 nitrogen and oxygen atoms in total. The topological polar surface area (TPSA) is 29.3 Å². The number of fused-ring (bicyclic) bond motifs is 8. The zero-order chi connectivity index (χ0) is 33.0. The minimum absolute atomic E-state index is 0.847. The highest BCUT2D eigenvalue weighted by molar-refractivity contribution is 6.19. The van der Waals surface area contributed by atoms with E-state index in [0.29, 0.717) is 0 Å². The highest BCUT2D eigenvalue weighted by Crippen LogP contribution is 2.44. The first kappa shape index (κ1) is 28.3. The smallest absolute Gasteiger partial charge is 0.144 e. The number of hydrogen-bond acceptors (Lipinski definition) is 3. The van der Waals surface area contributed by atoms with Crippen molar-refractivity contribution in [3.63, 3.8) is 0 Å². The zero-order valence-electron chi connectivity index (χ0n) is 27.1. The predicted molar refractivity (Wildman–Crippen MR) is 210 cm³/mol. The Morgan fingerprint density at radius 3 is 1.86 bits per heavy atom. The average Bonchev–Trinajstić information content (AvgIpc) is 3.59. The van der Waals surface area contributed by atoms with Gasteiger partial charge in [-0.15, -0.1) is 0 Å². The zero-order valence-corrected chi connectivity index (χ0v) is 27.1. The van der Waals surface area contributed by atoms with Crippen molar-refractivity contribution < 1.29 is 4.42 Å². The maximum atomic E-state index is 6.58. The van der Waals surface area contributed by atoms with Crippen molar-refractivity contribution in [2.24, 2.45) is 0 Å². The van der Waals surface area contributed by atoms with Gasteiger partial charge in [0.05, 0.1) is 16.6 Å². The summed E-state index contributed by atoms with van der Waals surface area (Å²) in [5.74, 6) is 0. The van der Waals surface area contributed by atoms with Crippen molar-refractivity contribution in [1.29, 1.82) is 0 Å². The fourth-order valence-electron chi connectivity index (χ4n) is 7.45. The first-order valence-electron chi connectivity index (χ1n) is 17.0. The molecular weight excluding hydrogens is 609 g/mol. The summed E-state index contributed by atoms with van der Waals surface area (Å²) in [6.45, 7) is 0. The van der Waals surface area contributed by atoms with Gasteiger partial charge in [0.2, 0.25) is 0 Å². The average molecular weight is 639 g/mol. The van der Waals surface area contributed by atoms with Gasteiger partial charge in [0.15, 0.2) is 0 Å². The van der Waals surface area contributed by atoms with Crippen molar-refractivity contribution in [1.82, 2.24) is 4.98 Å². The monoisotopic (exact) mass is 638 g/mol. The van der Waals surface area contributed by atoms with Crippen LogP contribution in [0.4, 0.5) is 17.1 Å². The van der Waals surface area contributed by atoms with Crippen molar-refractivity contribution in [3.8, 4) is 22.3 Å². The highest BCUT2D eigenvalue weighted by Gasteiger charge is 2.20.